The van der Waals surface area contributed by atoms with Crippen molar-refractivity contribution >= 4 is 11.8 Å². The van der Waals surface area contributed by atoms with Gasteiger partial charge in [0, 0.05) is 5.56 Å². The van der Waals surface area contributed by atoms with Gasteiger partial charge in [0.25, 0.3) is 0 Å². The maximum absolute atomic E-state index is 12.1. The Kier molecular flexibility index (Phi) is 4.31. The summed E-state index contributed by atoms with van der Waals surface area (Å²) in [6.07, 6.45) is 0.300. The van der Waals surface area contributed by atoms with E-state index >= 15 is 0 Å². The van der Waals surface area contributed by atoms with Gasteiger partial charge in [0.1, 0.15) is 5.92 Å². The highest BCUT2D eigenvalue weighted by atomic mass is 16.4. The Bertz CT molecular complexity index is 600. The predicted molar refractivity (Wildman–Crippen MR) is 77.6 cm³/mol. The minimum absolute atomic E-state index is 0.300. The monoisotopic (exact) mass is 268 g/mol. The Hall–Kier alpha value is -2.42. The second kappa shape index (κ2) is 6.15. The number of carboxylic acids is 1. The van der Waals surface area contributed by atoms with Gasteiger partial charge in [-0.05, 0) is 17.5 Å². The van der Waals surface area contributed by atoms with E-state index in [1.165, 1.54) is 0 Å². The zero-order valence-corrected chi connectivity index (χ0v) is 11.2. The summed E-state index contributed by atoms with van der Waals surface area (Å²) in [7, 11) is 0. The molecule has 0 saturated heterocycles. The number of benzene rings is 2. The number of carbonyl (C=O) groups is 2. The Morgan fingerprint density at radius 3 is 2.00 bits per heavy atom. The van der Waals surface area contributed by atoms with E-state index in [9.17, 15) is 9.59 Å². The topological polar surface area (TPSA) is 54.4 Å². The highest BCUT2D eigenvalue weighted by Gasteiger charge is 2.25. The third-order valence-corrected chi connectivity index (χ3v) is 3.30. The molecule has 0 aliphatic rings. The summed E-state index contributed by atoms with van der Waals surface area (Å²) >= 11 is 0. The van der Waals surface area contributed by atoms with Crippen LogP contribution in [0.15, 0.2) is 54.6 Å². The van der Waals surface area contributed by atoms with Crippen LogP contribution in [0.25, 0.3) is 11.1 Å². The Morgan fingerprint density at radius 1 is 0.950 bits per heavy atom. The fraction of sp³-hybridized carbons (Fsp3) is 0.176. The Labute approximate surface area is 117 Å². The lowest BCUT2D eigenvalue weighted by atomic mass is 9.94. The molecular weight excluding hydrogens is 252 g/mol. The van der Waals surface area contributed by atoms with E-state index in [0.29, 0.717) is 12.0 Å². The van der Waals surface area contributed by atoms with Gasteiger partial charge in [0.15, 0.2) is 5.78 Å². The van der Waals surface area contributed by atoms with Crippen molar-refractivity contribution in [1.82, 2.24) is 0 Å². The second-order valence-electron chi connectivity index (χ2n) is 4.61. The lowest BCUT2D eigenvalue weighted by Crippen LogP contribution is -2.23. The molecule has 0 saturated carbocycles. The quantitative estimate of drug-likeness (QED) is 0.665. The van der Waals surface area contributed by atoms with Crippen molar-refractivity contribution in [3.05, 3.63) is 60.2 Å². The van der Waals surface area contributed by atoms with Crippen molar-refractivity contribution < 1.29 is 14.7 Å². The molecule has 0 aliphatic heterocycles. The van der Waals surface area contributed by atoms with Crippen LogP contribution in [0.3, 0.4) is 0 Å². The summed E-state index contributed by atoms with van der Waals surface area (Å²) in [4.78, 5) is 23.1. The van der Waals surface area contributed by atoms with Gasteiger partial charge in [-0.2, -0.15) is 0 Å². The first-order valence-electron chi connectivity index (χ1n) is 6.56. The summed E-state index contributed by atoms with van der Waals surface area (Å²) in [5.41, 5.74) is 2.52. The standard InChI is InChI=1S/C17H16O3/c1-2-15(17(19)20)16(18)14-10-8-13(9-11-14)12-6-4-3-5-7-12/h3-11,15H,2H2,1H3,(H,19,20). The number of hydrogen-bond donors (Lipinski definition) is 1. The number of Topliss-reactive ketones (excluding diaryl/α,β-unsaturated/α-hetero) is 1. The fourth-order valence-electron chi connectivity index (χ4n) is 2.13. The first-order chi connectivity index (χ1) is 9.63. The molecule has 102 valence electrons. The molecule has 0 aromatic heterocycles. The number of ketones is 1. The molecule has 3 heteroatoms. The molecule has 2 aromatic carbocycles. The van der Waals surface area contributed by atoms with Crippen molar-refractivity contribution in [3.63, 3.8) is 0 Å². The van der Waals surface area contributed by atoms with Crippen LogP contribution in [0.2, 0.25) is 0 Å². The number of rotatable bonds is 5. The van der Waals surface area contributed by atoms with E-state index in [2.05, 4.69) is 0 Å². The zero-order valence-electron chi connectivity index (χ0n) is 11.2. The molecule has 3 nitrogen and oxygen atoms in total. The molecule has 0 heterocycles. The SMILES string of the molecule is CCC(C(=O)O)C(=O)c1ccc(-c2ccccc2)cc1. The lowest BCUT2D eigenvalue weighted by molar-refractivity contribution is -0.140. The number of hydrogen-bond acceptors (Lipinski definition) is 2. The lowest BCUT2D eigenvalue weighted by Gasteiger charge is -2.09. The van der Waals surface area contributed by atoms with Crippen molar-refractivity contribution in [1.29, 1.82) is 0 Å². The molecular formula is C17H16O3. The largest absolute Gasteiger partial charge is 0.481 e. The van der Waals surface area contributed by atoms with E-state index in [1.54, 1.807) is 19.1 Å². The van der Waals surface area contributed by atoms with Crippen molar-refractivity contribution in [3.8, 4) is 11.1 Å². The molecule has 0 fully saturated rings. The molecule has 0 aliphatic carbocycles. The van der Waals surface area contributed by atoms with E-state index in [-0.39, 0.29) is 5.78 Å². The third-order valence-electron chi connectivity index (χ3n) is 3.30. The van der Waals surface area contributed by atoms with Gasteiger partial charge in [-0.15, -0.1) is 0 Å². The van der Waals surface area contributed by atoms with Crippen LogP contribution in [0.1, 0.15) is 23.7 Å². The van der Waals surface area contributed by atoms with Gasteiger partial charge in [0.2, 0.25) is 0 Å². The van der Waals surface area contributed by atoms with Crippen molar-refractivity contribution in [2.75, 3.05) is 0 Å². The molecule has 1 unspecified atom stereocenters. The van der Waals surface area contributed by atoms with Crippen LogP contribution >= 0.6 is 0 Å². The molecule has 0 spiro atoms. The second-order valence-corrected chi connectivity index (χ2v) is 4.61. The number of carboxylic acid groups (broad SMARTS) is 1. The number of carbonyl (C=O) groups excluding carboxylic acids is 1. The summed E-state index contributed by atoms with van der Waals surface area (Å²) < 4.78 is 0. The maximum atomic E-state index is 12.1. The smallest absolute Gasteiger partial charge is 0.314 e. The minimum atomic E-state index is -1.07. The molecule has 1 atom stereocenters. The van der Waals surface area contributed by atoms with Crippen LogP contribution in [-0.4, -0.2) is 16.9 Å². The Balaban J connectivity index is 2.24. The molecule has 0 bridgehead atoms. The maximum Gasteiger partial charge on any atom is 0.314 e. The highest BCUT2D eigenvalue weighted by Crippen LogP contribution is 2.21. The van der Waals surface area contributed by atoms with Gasteiger partial charge in [-0.3, -0.25) is 9.59 Å². The minimum Gasteiger partial charge on any atom is -0.481 e. The highest BCUT2D eigenvalue weighted by molar-refractivity contribution is 6.08. The third kappa shape index (κ3) is 2.94. The summed E-state index contributed by atoms with van der Waals surface area (Å²) in [6, 6.07) is 16.9. The molecule has 1 N–H and O–H groups in total. The van der Waals surface area contributed by atoms with Gasteiger partial charge in [-0.25, -0.2) is 0 Å². The summed E-state index contributed by atoms with van der Waals surface area (Å²) in [6.45, 7) is 1.70. The normalized spacial score (nSPS) is 11.8. The van der Waals surface area contributed by atoms with E-state index in [4.69, 9.17) is 5.11 Å². The van der Waals surface area contributed by atoms with E-state index in [0.717, 1.165) is 11.1 Å². The van der Waals surface area contributed by atoms with E-state index in [1.807, 2.05) is 42.5 Å². The van der Waals surface area contributed by atoms with Gasteiger partial charge < -0.3 is 5.11 Å². The van der Waals surface area contributed by atoms with Crippen LogP contribution in [-0.2, 0) is 4.79 Å². The fourth-order valence-corrected chi connectivity index (χ4v) is 2.13. The molecule has 0 amide bonds. The van der Waals surface area contributed by atoms with Crippen LogP contribution < -0.4 is 0 Å². The van der Waals surface area contributed by atoms with Crippen molar-refractivity contribution in [2.45, 2.75) is 13.3 Å². The molecule has 0 radical (unpaired) electrons. The summed E-state index contributed by atoms with van der Waals surface area (Å²) in [5, 5.41) is 9.02. The number of aliphatic carboxylic acids is 1. The van der Waals surface area contributed by atoms with Gasteiger partial charge in [0.05, 0.1) is 0 Å². The van der Waals surface area contributed by atoms with Gasteiger partial charge in [-0.1, -0.05) is 61.5 Å². The van der Waals surface area contributed by atoms with Crippen LogP contribution in [0.5, 0.6) is 0 Å². The average molecular weight is 268 g/mol. The predicted octanol–water partition coefficient (Wildman–Crippen LogP) is 3.65. The van der Waals surface area contributed by atoms with Crippen LogP contribution in [0, 0.1) is 5.92 Å². The average Bonchev–Trinajstić information content (AvgIpc) is 2.48. The molecule has 20 heavy (non-hydrogen) atoms. The first kappa shape index (κ1) is 14.0. The molecule has 2 aromatic rings. The van der Waals surface area contributed by atoms with Crippen molar-refractivity contribution in [2.24, 2.45) is 5.92 Å². The molecule has 2 rings (SSSR count). The van der Waals surface area contributed by atoms with Crippen LogP contribution in [0.4, 0.5) is 0 Å². The van der Waals surface area contributed by atoms with E-state index < -0.39 is 11.9 Å². The summed E-state index contributed by atoms with van der Waals surface area (Å²) in [5.74, 6) is -2.36. The van der Waals surface area contributed by atoms with Gasteiger partial charge >= 0.3 is 5.97 Å². The zero-order chi connectivity index (χ0) is 14.5. The Morgan fingerprint density at radius 2 is 1.50 bits per heavy atom. The first-order valence-corrected chi connectivity index (χ1v) is 6.56.